The van der Waals surface area contributed by atoms with Crippen LogP contribution in [0.5, 0.6) is 0 Å². The number of anilines is 1. The summed E-state index contributed by atoms with van der Waals surface area (Å²) in [5.74, 6) is 3.22. The number of cyclic esters (lactones) is 1. The molecular weight excluding hydrogens is 429 g/mol. The van der Waals surface area contributed by atoms with Crippen LogP contribution in [0.4, 0.5) is 23.7 Å². The van der Waals surface area contributed by atoms with E-state index < -0.39 is 45.3 Å². The summed E-state index contributed by atoms with van der Waals surface area (Å²) in [7, 11) is -3.97. The number of nitrogens with one attached hydrogen (secondary N) is 1. The fraction of sp³-hybridized carbons (Fsp3) is 0.444. The van der Waals surface area contributed by atoms with Crippen molar-refractivity contribution in [2.24, 2.45) is 0 Å². The highest BCUT2D eigenvalue weighted by atomic mass is 32.2. The maximum Gasteiger partial charge on any atom is 0.414 e. The number of ether oxygens (including phenoxy) is 1. The van der Waals surface area contributed by atoms with Gasteiger partial charge in [-0.2, -0.15) is 13.2 Å². The summed E-state index contributed by atoms with van der Waals surface area (Å²) in [5, 5.41) is 8.87. The number of hydroxylamine groups is 1. The summed E-state index contributed by atoms with van der Waals surface area (Å²) < 4.78 is 63.6. The number of carbonyl (C=O) groups excluding carboxylic acids is 2. The maximum atomic E-state index is 12.2. The van der Waals surface area contributed by atoms with E-state index in [9.17, 15) is 31.2 Å². The van der Waals surface area contributed by atoms with Gasteiger partial charge in [-0.1, -0.05) is 11.8 Å². The summed E-state index contributed by atoms with van der Waals surface area (Å²) in [6, 6.07) is 5.77. The number of benzene rings is 1. The lowest BCUT2D eigenvalue weighted by molar-refractivity contribution is -0.132. The third-order valence-corrected chi connectivity index (χ3v) is 6.58. The lowest BCUT2D eigenvalue weighted by Gasteiger charge is -2.26. The number of rotatable bonds is 5. The van der Waals surface area contributed by atoms with Crippen molar-refractivity contribution in [1.29, 1.82) is 0 Å². The van der Waals surface area contributed by atoms with E-state index in [0.717, 1.165) is 13.2 Å². The van der Waals surface area contributed by atoms with E-state index in [1.165, 1.54) is 34.6 Å². The number of amides is 2. The van der Waals surface area contributed by atoms with Crippen molar-refractivity contribution < 1.29 is 41.1 Å². The predicted molar refractivity (Wildman–Crippen MR) is 99.4 cm³/mol. The molecule has 1 saturated heterocycles. The molecule has 0 aliphatic carbocycles. The van der Waals surface area contributed by atoms with E-state index in [-0.39, 0.29) is 13.0 Å². The molecule has 0 radical (unpaired) electrons. The van der Waals surface area contributed by atoms with Crippen LogP contribution in [0.1, 0.15) is 25.3 Å². The number of hydrogen-bond donors (Lipinski definition) is 2. The molecule has 0 unspecified atom stereocenters. The Bertz CT molecular complexity index is 982. The van der Waals surface area contributed by atoms with Gasteiger partial charge in [0.1, 0.15) is 12.5 Å². The largest absolute Gasteiger partial charge is 0.444 e. The van der Waals surface area contributed by atoms with Crippen LogP contribution in [0, 0.1) is 11.8 Å². The zero-order chi connectivity index (χ0) is 22.7. The average molecular weight is 448 g/mol. The van der Waals surface area contributed by atoms with Gasteiger partial charge in [0, 0.05) is 23.9 Å². The lowest BCUT2D eigenvalue weighted by Crippen LogP contribution is -2.51. The number of sulfone groups is 1. The van der Waals surface area contributed by atoms with Crippen molar-refractivity contribution in [3.63, 3.8) is 0 Å². The van der Waals surface area contributed by atoms with Gasteiger partial charge in [-0.3, -0.25) is 14.9 Å². The summed E-state index contributed by atoms with van der Waals surface area (Å²) in [6.07, 6.45) is -6.92. The van der Waals surface area contributed by atoms with Crippen LogP contribution in [-0.2, 0) is 19.4 Å². The Labute approximate surface area is 170 Å². The summed E-state index contributed by atoms with van der Waals surface area (Å²) >= 11 is 0. The molecule has 1 aromatic rings. The van der Waals surface area contributed by atoms with Crippen LogP contribution < -0.4 is 10.4 Å². The number of halogens is 3. The lowest BCUT2D eigenvalue weighted by atomic mass is 10.0. The van der Waals surface area contributed by atoms with E-state index in [0.29, 0.717) is 11.3 Å². The van der Waals surface area contributed by atoms with Gasteiger partial charge in [-0.15, -0.1) is 0 Å². The fourth-order valence-electron chi connectivity index (χ4n) is 2.78. The Morgan fingerprint density at radius 1 is 1.33 bits per heavy atom. The first-order valence-corrected chi connectivity index (χ1v) is 10.4. The predicted octanol–water partition coefficient (Wildman–Crippen LogP) is 2.01. The molecule has 0 saturated carbocycles. The highest BCUT2D eigenvalue weighted by molar-refractivity contribution is 7.92. The first-order valence-electron chi connectivity index (χ1n) is 8.55. The molecule has 0 bridgehead atoms. The van der Waals surface area contributed by atoms with Crippen LogP contribution in [0.25, 0.3) is 0 Å². The molecule has 2 atom stereocenters. The van der Waals surface area contributed by atoms with Gasteiger partial charge in [0.2, 0.25) is 0 Å². The van der Waals surface area contributed by atoms with Crippen molar-refractivity contribution in [3.05, 3.63) is 29.8 Å². The third kappa shape index (κ3) is 5.43. The summed E-state index contributed by atoms with van der Waals surface area (Å²) in [6.45, 7) is 1.04. The van der Waals surface area contributed by atoms with E-state index in [1.54, 1.807) is 0 Å². The molecule has 164 valence electrons. The highest BCUT2D eigenvalue weighted by Crippen LogP contribution is 2.30. The van der Waals surface area contributed by atoms with Crippen molar-refractivity contribution >= 4 is 27.5 Å². The Morgan fingerprint density at radius 2 is 1.93 bits per heavy atom. The van der Waals surface area contributed by atoms with E-state index in [4.69, 9.17) is 9.94 Å². The minimum atomic E-state index is -4.38. The van der Waals surface area contributed by atoms with Crippen LogP contribution in [0.15, 0.2) is 24.3 Å². The molecule has 2 rings (SSSR count). The molecule has 2 N–H and O–H groups in total. The third-order valence-electron chi connectivity index (χ3n) is 4.59. The number of carbonyl (C=O) groups is 2. The Hall–Kier alpha value is -2.78. The Balaban J connectivity index is 2.13. The Morgan fingerprint density at radius 3 is 2.43 bits per heavy atom. The molecule has 0 aromatic heterocycles. The van der Waals surface area contributed by atoms with Gasteiger partial charge >= 0.3 is 12.3 Å². The van der Waals surface area contributed by atoms with Gasteiger partial charge in [0.25, 0.3) is 5.91 Å². The first-order chi connectivity index (χ1) is 13.8. The van der Waals surface area contributed by atoms with Gasteiger partial charge in [-0.05, 0) is 31.2 Å². The van der Waals surface area contributed by atoms with Crippen LogP contribution in [-0.4, -0.2) is 55.5 Å². The topological polar surface area (TPSA) is 113 Å². The number of hydrogen-bond acceptors (Lipinski definition) is 6. The van der Waals surface area contributed by atoms with Crippen LogP contribution in [0.2, 0.25) is 0 Å². The fourth-order valence-corrected chi connectivity index (χ4v) is 3.65. The molecular formula is C18H19F3N2O6S. The Kier molecular flexibility index (Phi) is 6.68. The maximum absolute atomic E-state index is 12.2. The van der Waals surface area contributed by atoms with E-state index >= 15 is 0 Å². The van der Waals surface area contributed by atoms with Gasteiger partial charge in [-0.25, -0.2) is 18.7 Å². The van der Waals surface area contributed by atoms with Gasteiger partial charge in [0.15, 0.2) is 14.6 Å². The van der Waals surface area contributed by atoms with Gasteiger partial charge in [0.05, 0.1) is 6.54 Å². The minimum absolute atomic E-state index is 0.0677. The standard InChI is InChI=1S/C18H19F3N2O6S/c1-17(15(24)22-26,30(2,27)28)10-14-11-23(16(25)29-14)13-7-5-12(6-8-13)4-3-9-18(19,20)21/h5-8,14,26H,9-11H2,1-2H3,(H,22,24)/t14-,17+/m0/s1. The second-order valence-electron chi connectivity index (χ2n) is 6.91. The zero-order valence-electron chi connectivity index (χ0n) is 16.0. The van der Waals surface area contributed by atoms with Crippen molar-refractivity contribution in [1.82, 2.24) is 5.48 Å². The quantitative estimate of drug-likeness (QED) is 0.405. The average Bonchev–Trinajstić information content (AvgIpc) is 2.99. The second kappa shape index (κ2) is 8.53. The van der Waals surface area contributed by atoms with Crippen LogP contribution >= 0.6 is 0 Å². The monoisotopic (exact) mass is 448 g/mol. The number of nitrogens with zero attached hydrogens (tertiary/aromatic N) is 1. The zero-order valence-corrected chi connectivity index (χ0v) is 16.8. The van der Waals surface area contributed by atoms with Crippen molar-refractivity contribution in [2.75, 3.05) is 17.7 Å². The first kappa shape index (κ1) is 23.5. The molecule has 1 aliphatic heterocycles. The summed E-state index contributed by atoms with van der Waals surface area (Å²) in [5.41, 5.74) is 1.99. The summed E-state index contributed by atoms with van der Waals surface area (Å²) in [4.78, 5) is 25.3. The molecule has 1 aliphatic rings. The molecule has 0 spiro atoms. The molecule has 12 heteroatoms. The van der Waals surface area contributed by atoms with E-state index in [1.807, 2.05) is 5.92 Å². The second-order valence-corrected chi connectivity index (χ2v) is 9.35. The molecule has 30 heavy (non-hydrogen) atoms. The molecule has 1 fully saturated rings. The van der Waals surface area contributed by atoms with Crippen molar-refractivity contribution in [2.45, 2.75) is 36.8 Å². The molecule has 8 nitrogen and oxygen atoms in total. The molecule has 2 amide bonds. The number of alkyl halides is 3. The van der Waals surface area contributed by atoms with Crippen molar-refractivity contribution in [3.8, 4) is 11.8 Å². The van der Waals surface area contributed by atoms with Gasteiger partial charge < -0.3 is 4.74 Å². The minimum Gasteiger partial charge on any atom is -0.444 e. The van der Waals surface area contributed by atoms with E-state index in [2.05, 4.69) is 5.92 Å². The van der Waals surface area contributed by atoms with Crippen LogP contribution in [0.3, 0.4) is 0 Å². The smallest absolute Gasteiger partial charge is 0.414 e. The highest BCUT2D eigenvalue weighted by Gasteiger charge is 2.48. The molecule has 1 heterocycles. The SMILES string of the molecule is C[C@@](C[C@H]1CN(c2ccc(C#CCC(F)(F)F)cc2)C(=O)O1)(C(=O)NO)S(C)(=O)=O. The molecule has 1 aromatic carbocycles. The normalized spacial score (nSPS) is 18.8.